The topological polar surface area (TPSA) is 115 Å². The molecule has 3 N–H and O–H groups in total. The van der Waals surface area contributed by atoms with E-state index >= 15 is 0 Å². The van der Waals surface area contributed by atoms with Crippen LogP contribution in [-0.2, 0) is 11.3 Å². The number of amides is 3. The van der Waals surface area contributed by atoms with Crippen molar-refractivity contribution in [2.75, 3.05) is 13.1 Å². The van der Waals surface area contributed by atoms with Crippen molar-refractivity contribution in [3.63, 3.8) is 0 Å². The van der Waals surface area contributed by atoms with Gasteiger partial charge in [0.1, 0.15) is 0 Å². The van der Waals surface area contributed by atoms with Crippen LogP contribution in [0.4, 0.5) is 4.79 Å². The van der Waals surface area contributed by atoms with Crippen LogP contribution in [0.2, 0.25) is 0 Å². The molecule has 0 fully saturated rings. The maximum atomic E-state index is 12.1. The number of quaternary nitrogens is 1. The molecule has 0 aliphatic heterocycles. The third-order valence-corrected chi connectivity index (χ3v) is 3.86. The number of hydrogen-bond acceptors (Lipinski definition) is 6. The van der Waals surface area contributed by atoms with Crippen molar-refractivity contribution in [2.24, 2.45) is 0 Å². The maximum absolute atomic E-state index is 12.1. The second-order valence-electron chi connectivity index (χ2n) is 6.16. The lowest BCUT2D eigenvalue weighted by Gasteiger charge is -2.17. The van der Waals surface area contributed by atoms with Gasteiger partial charge in [-0.15, -0.1) is 10.2 Å². The SMILES string of the molecule is CCC[NH+](CC(=O)NC(=O)N[C@@H](C)CC)Cc1nnc(-c2ccco2)o1. The Morgan fingerprint density at radius 1 is 1.31 bits per heavy atom. The average molecular weight is 364 g/mol. The molecule has 2 aromatic heterocycles. The van der Waals surface area contributed by atoms with E-state index in [1.165, 1.54) is 6.26 Å². The Morgan fingerprint density at radius 3 is 2.77 bits per heavy atom. The molecular weight excluding hydrogens is 338 g/mol. The highest BCUT2D eigenvalue weighted by molar-refractivity contribution is 5.94. The second kappa shape index (κ2) is 9.71. The lowest BCUT2D eigenvalue weighted by Crippen LogP contribution is -3.12. The standard InChI is InChI=1S/C17H25N5O4/c1-4-8-22(10-14(23)19-17(24)18-12(3)5-2)11-15-20-21-16(26-15)13-7-6-9-25-13/h6-7,9,12H,4-5,8,10-11H2,1-3H3,(H2,18,19,23,24)/p+1/t12-/m0/s1. The van der Waals surface area contributed by atoms with Gasteiger partial charge in [0, 0.05) is 6.04 Å². The molecule has 0 aliphatic carbocycles. The van der Waals surface area contributed by atoms with Gasteiger partial charge in [-0.1, -0.05) is 13.8 Å². The molecular formula is C17H26N5O4+. The van der Waals surface area contributed by atoms with Gasteiger partial charge < -0.3 is 19.1 Å². The van der Waals surface area contributed by atoms with Crippen molar-refractivity contribution >= 4 is 11.9 Å². The van der Waals surface area contributed by atoms with Crippen LogP contribution >= 0.6 is 0 Å². The molecule has 26 heavy (non-hydrogen) atoms. The van der Waals surface area contributed by atoms with Gasteiger partial charge in [-0.05, 0) is 31.9 Å². The van der Waals surface area contributed by atoms with E-state index in [4.69, 9.17) is 8.83 Å². The van der Waals surface area contributed by atoms with Crippen molar-refractivity contribution in [1.29, 1.82) is 0 Å². The summed E-state index contributed by atoms with van der Waals surface area (Å²) in [4.78, 5) is 24.8. The summed E-state index contributed by atoms with van der Waals surface area (Å²) < 4.78 is 10.8. The van der Waals surface area contributed by atoms with Gasteiger partial charge in [0.25, 0.3) is 17.7 Å². The van der Waals surface area contributed by atoms with E-state index in [0.717, 1.165) is 24.3 Å². The summed E-state index contributed by atoms with van der Waals surface area (Å²) in [7, 11) is 0. The van der Waals surface area contributed by atoms with Crippen LogP contribution < -0.4 is 15.5 Å². The van der Waals surface area contributed by atoms with Crippen molar-refractivity contribution in [3.8, 4) is 11.7 Å². The highest BCUT2D eigenvalue weighted by Crippen LogP contribution is 2.17. The molecule has 2 aromatic rings. The molecule has 3 amide bonds. The first-order valence-corrected chi connectivity index (χ1v) is 8.82. The first kappa shape index (κ1) is 19.6. The van der Waals surface area contributed by atoms with E-state index in [-0.39, 0.29) is 18.5 Å². The summed E-state index contributed by atoms with van der Waals surface area (Å²) in [6, 6.07) is 3.01. The van der Waals surface area contributed by atoms with Gasteiger partial charge in [0.2, 0.25) is 0 Å². The minimum absolute atomic E-state index is 0.0142. The summed E-state index contributed by atoms with van der Waals surface area (Å²) in [5, 5.41) is 13.0. The summed E-state index contributed by atoms with van der Waals surface area (Å²) in [5.41, 5.74) is 0. The monoisotopic (exact) mass is 364 g/mol. The molecule has 0 saturated carbocycles. The normalized spacial score (nSPS) is 13.2. The average Bonchev–Trinajstić information content (AvgIpc) is 3.25. The van der Waals surface area contributed by atoms with Gasteiger partial charge in [-0.3, -0.25) is 10.1 Å². The van der Waals surface area contributed by atoms with Crippen LogP contribution in [0.5, 0.6) is 0 Å². The number of hydrogen-bond donors (Lipinski definition) is 3. The molecule has 0 saturated heterocycles. The molecule has 2 rings (SSSR count). The molecule has 9 heteroatoms. The number of furan rings is 1. The summed E-state index contributed by atoms with van der Waals surface area (Å²) >= 11 is 0. The Bertz CT molecular complexity index is 698. The molecule has 142 valence electrons. The molecule has 1 unspecified atom stereocenters. The number of urea groups is 1. The van der Waals surface area contributed by atoms with Gasteiger partial charge in [0.05, 0.1) is 12.8 Å². The summed E-state index contributed by atoms with van der Waals surface area (Å²) in [5.74, 6) is 0.871. The van der Waals surface area contributed by atoms with Crippen LogP contribution in [0.3, 0.4) is 0 Å². The Kier molecular flexibility index (Phi) is 7.34. The zero-order valence-corrected chi connectivity index (χ0v) is 15.4. The number of aromatic nitrogens is 2. The lowest BCUT2D eigenvalue weighted by atomic mass is 10.3. The zero-order chi connectivity index (χ0) is 18.9. The predicted octanol–water partition coefficient (Wildman–Crippen LogP) is 0.749. The van der Waals surface area contributed by atoms with Crippen LogP contribution in [0.25, 0.3) is 11.7 Å². The van der Waals surface area contributed by atoms with Crippen LogP contribution in [0.1, 0.15) is 39.5 Å². The van der Waals surface area contributed by atoms with E-state index in [1.54, 1.807) is 12.1 Å². The van der Waals surface area contributed by atoms with Crippen molar-refractivity contribution < 1.29 is 23.3 Å². The lowest BCUT2D eigenvalue weighted by molar-refractivity contribution is -0.907. The molecule has 2 atom stereocenters. The highest BCUT2D eigenvalue weighted by Gasteiger charge is 2.20. The summed E-state index contributed by atoms with van der Waals surface area (Å²) in [6.45, 7) is 7.13. The van der Waals surface area contributed by atoms with Gasteiger partial charge in [-0.2, -0.15) is 0 Å². The predicted molar refractivity (Wildman–Crippen MR) is 93.1 cm³/mol. The molecule has 2 heterocycles. The minimum Gasteiger partial charge on any atom is -0.459 e. The van der Waals surface area contributed by atoms with Crippen molar-refractivity contribution in [3.05, 3.63) is 24.3 Å². The largest absolute Gasteiger partial charge is 0.459 e. The smallest absolute Gasteiger partial charge is 0.321 e. The van der Waals surface area contributed by atoms with Crippen molar-refractivity contribution in [2.45, 2.75) is 46.2 Å². The molecule has 9 nitrogen and oxygen atoms in total. The second-order valence-corrected chi connectivity index (χ2v) is 6.16. The number of imide groups is 1. The fourth-order valence-electron chi connectivity index (χ4n) is 2.39. The zero-order valence-electron chi connectivity index (χ0n) is 15.4. The third kappa shape index (κ3) is 5.99. The van der Waals surface area contributed by atoms with Gasteiger partial charge >= 0.3 is 6.03 Å². The first-order valence-electron chi connectivity index (χ1n) is 8.82. The van der Waals surface area contributed by atoms with Crippen LogP contribution in [0.15, 0.2) is 27.2 Å². The van der Waals surface area contributed by atoms with E-state index in [9.17, 15) is 9.59 Å². The molecule has 0 radical (unpaired) electrons. The maximum Gasteiger partial charge on any atom is 0.321 e. The number of nitrogens with zero attached hydrogens (tertiary/aromatic N) is 2. The van der Waals surface area contributed by atoms with Gasteiger partial charge in [0.15, 0.2) is 18.8 Å². The molecule has 0 bridgehead atoms. The quantitative estimate of drug-likeness (QED) is 0.605. The summed E-state index contributed by atoms with van der Waals surface area (Å²) in [6.07, 6.45) is 3.20. The Hall–Kier alpha value is -2.68. The van der Waals surface area contributed by atoms with Gasteiger partial charge in [-0.25, -0.2) is 4.79 Å². The third-order valence-electron chi connectivity index (χ3n) is 3.86. The molecule has 0 spiro atoms. The van der Waals surface area contributed by atoms with E-state index in [0.29, 0.717) is 24.1 Å². The first-order chi connectivity index (χ1) is 12.5. The molecule has 0 aliphatic rings. The van der Waals surface area contributed by atoms with Crippen LogP contribution in [0, 0.1) is 0 Å². The number of rotatable bonds is 9. The van der Waals surface area contributed by atoms with E-state index < -0.39 is 6.03 Å². The van der Waals surface area contributed by atoms with E-state index in [1.807, 2.05) is 20.8 Å². The minimum atomic E-state index is -0.474. The fraction of sp³-hybridized carbons (Fsp3) is 0.529. The number of carbonyl (C=O) groups excluding carboxylic acids is 2. The number of carbonyl (C=O) groups is 2. The highest BCUT2D eigenvalue weighted by atomic mass is 16.4. The Morgan fingerprint density at radius 2 is 2.12 bits per heavy atom. The van der Waals surface area contributed by atoms with Crippen LogP contribution in [-0.4, -0.2) is 41.3 Å². The Balaban J connectivity index is 1.90. The van der Waals surface area contributed by atoms with Crippen molar-refractivity contribution in [1.82, 2.24) is 20.8 Å². The molecule has 0 aromatic carbocycles. The van der Waals surface area contributed by atoms with E-state index in [2.05, 4.69) is 20.8 Å². The number of nitrogens with one attached hydrogen (secondary N) is 3. The fourth-order valence-corrected chi connectivity index (χ4v) is 2.39. The Labute approximate surface area is 152 Å².